The van der Waals surface area contributed by atoms with Crippen LogP contribution >= 0.6 is 0 Å². The van der Waals surface area contributed by atoms with Gasteiger partial charge in [0.15, 0.2) is 0 Å². The maximum Gasteiger partial charge on any atom is 0.0940 e. The first kappa shape index (κ1) is 11.5. The Balaban J connectivity index is 1.77. The van der Waals surface area contributed by atoms with Gasteiger partial charge in [0, 0.05) is 5.41 Å². The van der Waals surface area contributed by atoms with Crippen LogP contribution < -0.4 is 0 Å². The SMILES string of the molecule is CC1(C)C2CCC(CC2)[C@]1(O)C1=CC[C@@H]2CC[C@H]12. The van der Waals surface area contributed by atoms with Crippen LogP contribution in [-0.2, 0) is 0 Å². The molecule has 1 N–H and O–H groups in total. The smallest absolute Gasteiger partial charge is 0.0940 e. The van der Waals surface area contributed by atoms with E-state index in [1.807, 2.05) is 0 Å². The molecule has 0 amide bonds. The van der Waals surface area contributed by atoms with Crippen LogP contribution in [-0.4, -0.2) is 10.7 Å². The molecule has 0 aromatic rings. The minimum absolute atomic E-state index is 0.102. The van der Waals surface area contributed by atoms with E-state index in [1.165, 1.54) is 50.5 Å². The Morgan fingerprint density at radius 1 is 1.00 bits per heavy atom. The lowest BCUT2D eigenvalue weighted by Gasteiger charge is -2.62. The molecule has 0 radical (unpaired) electrons. The molecule has 0 aliphatic heterocycles. The fourth-order valence-electron chi connectivity index (χ4n) is 5.81. The van der Waals surface area contributed by atoms with Crippen LogP contribution in [0.4, 0.5) is 0 Å². The highest BCUT2D eigenvalue weighted by Crippen LogP contribution is 2.64. The van der Waals surface area contributed by atoms with E-state index in [1.54, 1.807) is 0 Å². The lowest BCUT2D eigenvalue weighted by molar-refractivity contribution is -0.176. The summed E-state index contributed by atoms with van der Waals surface area (Å²) in [5.74, 6) is 2.92. The lowest BCUT2D eigenvalue weighted by atomic mass is 9.46. The molecule has 4 fully saturated rings. The first-order chi connectivity index (χ1) is 8.55. The molecular weight excluding hydrogens is 220 g/mol. The van der Waals surface area contributed by atoms with E-state index in [0.29, 0.717) is 5.92 Å². The highest BCUT2D eigenvalue weighted by atomic mass is 16.3. The second-order valence-electron chi connectivity index (χ2n) is 7.88. The standard InChI is InChI=1S/C17H26O/c1-16(2)12-5-7-13(8-6-12)17(16,18)15-10-4-11-3-9-14(11)15/h10-14,18H,3-9H2,1-2H3/t11-,12?,13?,14-,17-/m0/s1. The van der Waals surface area contributed by atoms with Gasteiger partial charge in [0.05, 0.1) is 5.60 Å². The molecule has 0 unspecified atom stereocenters. The Bertz CT molecular complexity index is 400. The molecule has 0 aromatic heterocycles. The topological polar surface area (TPSA) is 20.2 Å². The van der Waals surface area contributed by atoms with Gasteiger partial charge in [0.2, 0.25) is 0 Å². The Kier molecular flexibility index (Phi) is 2.19. The van der Waals surface area contributed by atoms with E-state index in [9.17, 15) is 5.11 Å². The van der Waals surface area contributed by atoms with Crippen LogP contribution in [0.25, 0.3) is 0 Å². The third-order valence-corrected chi connectivity index (χ3v) is 7.22. The third kappa shape index (κ3) is 1.13. The largest absolute Gasteiger partial charge is 0.385 e. The number of allylic oxidation sites excluding steroid dienone is 1. The summed E-state index contributed by atoms with van der Waals surface area (Å²) >= 11 is 0. The molecule has 1 nitrogen and oxygen atoms in total. The molecule has 0 saturated heterocycles. The van der Waals surface area contributed by atoms with Crippen molar-refractivity contribution in [1.82, 2.24) is 0 Å². The fourth-order valence-corrected chi connectivity index (χ4v) is 5.81. The summed E-state index contributed by atoms with van der Waals surface area (Å²) in [7, 11) is 0. The van der Waals surface area contributed by atoms with Crippen molar-refractivity contribution >= 4 is 0 Å². The summed E-state index contributed by atoms with van der Waals surface area (Å²) < 4.78 is 0. The fraction of sp³-hybridized carbons (Fsp3) is 0.882. The summed E-state index contributed by atoms with van der Waals surface area (Å²) in [6, 6.07) is 0. The number of hydrogen-bond acceptors (Lipinski definition) is 1. The minimum Gasteiger partial charge on any atom is -0.385 e. The van der Waals surface area contributed by atoms with Crippen molar-refractivity contribution in [2.45, 2.75) is 64.4 Å². The highest BCUT2D eigenvalue weighted by Gasteiger charge is 2.62. The summed E-state index contributed by atoms with van der Waals surface area (Å²) in [6.45, 7) is 4.69. The monoisotopic (exact) mass is 246 g/mol. The quantitative estimate of drug-likeness (QED) is 0.695. The number of hydrogen-bond donors (Lipinski definition) is 1. The average molecular weight is 246 g/mol. The first-order valence-electron chi connectivity index (χ1n) is 7.98. The predicted octanol–water partition coefficient (Wildman–Crippen LogP) is 3.92. The van der Waals surface area contributed by atoms with Crippen LogP contribution in [0.2, 0.25) is 0 Å². The van der Waals surface area contributed by atoms with Crippen molar-refractivity contribution in [3.63, 3.8) is 0 Å². The molecule has 4 saturated carbocycles. The van der Waals surface area contributed by atoms with Crippen LogP contribution in [0, 0.1) is 29.1 Å². The van der Waals surface area contributed by atoms with Gasteiger partial charge in [-0.1, -0.05) is 19.9 Å². The van der Waals surface area contributed by atoms with E-state index in [4.69, 9.17) is 0 Å². The molecule has 1 heteroatoms. The van der Waals surface area contributed by atoms with Gasteiger partial charge in [-0.3, -0.25) is 0 Å². The van der Waals surface area contributed by atoms with E-state index < -0.39 is 5.60 Å². The normalized spacial score (nSPS) is 52.7. The van der Waals surface area contributed by atoms with Gasteiger partial charge in [0.1, 0.15) is 0 Å². The van der Waals surface area contributed by atoms with E-state index >= 15 is 0 Å². The molecule has 3 atom stereocenters. The van der Waals surface area contributed by atoms with Crippen molar-refractivity contribution < 1.29 is 5.11 Å². The highest BCUT2D eigenvalue weighted by molar-refractivity contribution is 5.34. The van der Waals surface area contributed by atoms with Crippen molar-refractivity contribution in [1.29, 1.82) is 0 Å². The van der Waals surface area contributed by atoms with Crippen molar-refractivity contribution in [3.05, 3.63) is 11.6 Å². The Hall–Kier alpha value is -0.300. The Morgan fingerprint density at radius 2 is 1.67 bits per heavy atom. The molecule has 5 aliphatic carbocycles. The number of aliphatic hydroxyl groups is 1. The third-order valence-electron chi connectivity index (χ3n) is 7.22. The van der Waals surface area contributed by atoms with Crippen LogP contribution in [0.1, 0.15) is 58.8 Å². The van der Waals surface area contributed by atoms with E-state index in [2.05, 4.69) is 19.9 Å². The second-order valence-corrected chi connectivity index (χ2v) is 7.88. The van der Waals surface area contributed by atoms with Crippen molar-refractivity contribution in [3.8, 4) is 0 Å². The zero-order valence-corrected chi connectivity index (χ0v) is 11.8. The number of rotatable bonds is 1. The van der Waals surface area contributed by atoms with E-state index in [-0.39, 0.29) is 5.41 Å². The second kappa shape index (κ2) is 3.42. The predicted molar refractivity (Wildman–Crippen MR) is 73.1 cm³/mol. The zero-order valence-electron chi connectivity index (χ0n) is 11.8. The lowest BCUT2D eigenvalue weighted by Crippen LogP contribution is -2.62. The summed E-state index contributed by atoms with van der Waals surface area (Å²) in [5.41, 5.74) is 1.11. The molecular formula is C17H26O. The molecule has 18 heavy (non-hydrogen) atoms. The number of fused-ring (bicyclic) bond motifs is 4. The van der Waals surface area contributed by atoms with Gasteiger partial charge in [-0.2, -0.15) is 0 Å². The molecule has 0 spiro atoms. The van der Waals surface area contributed by atoms with Crippen LogP contribution in [0.15, 0.2) is 11.6 Å². The van der Waals surface area contributed by atoms with Gasteiger partial charge in [0.25, 0.3) is 0 Å². The van der Waals surface area contributed by atoms with Crippen LogP contribution in [0.3, 0.4) is 0 Å². The molecule has 5 rings (SSSR count). The maximum atomic E-state index is 11.6. The Morgan fingerprint density at radius 3 is 2.17 bits per heavy atom. The van der Waals surface area contributed by atoms with Crippen LogP contribution in [0.5, 0.6) is 0 Å². The Labute approximate surface area is 111 Å². The van der Waals surface area contributed by atoms with E-state index in [0.717, 1.165) is 17.8 Å². The summed E-state index contributed by atoms with van der Waals surface area (Å²) in [5, 5.41) is 11.6. The van der Waals surface area contributed by atoms with Gasteiger partial charge in [-0.05, 0) is 74.2 Å². The average Bonchev–Trinajstić information content (AvgIpc) is 2.62. The zero-order chi connectivity index (χ0) is 12.5. The van der Waals surface area contributed by atoms with Crippen molar-refractivity contribution in [2.75, 3.05) is 0 Å². The van der Waals surface area contributed by atoms with Gasteiger partial charge < -0.3 is 5.11 Å². The maximum absolute atomic E-state index is 11.6. The van der Waals surface area contributed by atoms with Crippen molar-refractivity contribution in [2.24, 2.45) is 29.1 Å². The molecule has 2 bridgehead atoms. The first-order valence-corrected chi connectivity index (χ1v) is 7.98. The minimum atomic E-state index is -0.464. The molecule has 0 aromatic carbocycles. The van der Waals surface area contributed by atoms with Gasteiger partial charge in [-0.15, -0.1) is 0 Å². The van der Waals surface area contributed by atoms with Gasteiger partial charge in [-0.25, -0.2) is 0 Å². The summed E-state index contributed by atoms with van der Waals surface area (Å²) in [6.07, 6.45) is 11.6. The summed E-state index contributed by atoms with van der Waals surface area (Å²) in [4.78, 5) is 0. The molecule has 5 aliphatic rings. The van der Waals surface area contributed by atoms with Gasteiger partial charge >= 0.3 is 0 Å². The molecule has 100 valence electrons. The molecule has 0 heterocycles.